The molecule has 0 aromatic heterocycles. The molecular formula is C13H21N3OS. The minimum Gasteiger partial charge on any atom is -0.365 e. The molecule has 0 aliphatic heterocycles. The molecule has 0 bridgehead atoms. The second-order valence-corrected chi connectivity index (χ2v) is 5.15. The number of anilines is 1. The number of carbonyl (C=O) groups excluding carboxylic acids is 1. The molecule has 0 fully saturated rings. The lowest BCUT2D eigenvalue weighted by Crippen LogP contribution is -2.34. The maximum absolute atomic E-state index is 11.7. The van der Waals surface area contributed by atoms with Crippen LogP contribution in [0.4, 0.5) is 5.69 Å². The predicted molar refractivity (Wildman–Crippen MR) is 78.1 cm³/mol. The van der Waals surface area contributed by atoms with Gasteiger partial charge in [-0.1, -0.05) is 6.07 Å². The van der Waals surface area contributed by atoms with Crippen molar-refractivity contribution in [2.45, 2.75) is 11.4 Å². The number of rotatable bonds is 5. The van der Waals surface area contributed by atoms with E-state index in [1.54, 1.807) is 30.8 Å². The fourth-order valence-electron chi connectivity index (χ4n) is 1.74. The third-order valence-corrected chi connectivity index (χ3v) is 3.64. The Bertz CT molecular complexity index is 421. The van der Waals surface area contributed by atoms with Gasteiger partial charge in [0.2, 0.25) is 5.91 Å². The van der Waals surface area contributed by atoms with Crippen LogP contribution in [0.1, 0.15) is 5.56 Å². The Morgan fingerprint density at radius 2 is 2.00 bits per heavy atom. The highest BCUT2D eigenvalue weighted by Gasteiger charge is 2.13. The van der Waals surface area contributed by atoms with Crippen molar-refractivity contribution in [2.24, 2.45) is 5.73 Å². The van der Waals surface area contributed by atoms with Crippen LogP contribution in [-0.2, 0) is 11.3 Å². The average Bonchev–Trinajstić information content (AvgIpc) is 2.37. The maximum atomic E-state index is 11.7. The van der Waals surface area contributed by atoms with Gasteiger partial charge in [-0.15, -0.1) is 11.8 Å². The molecule has 0 spiro atoms. The molecular weight excluding hydrogens is 246 g/mol. The summed E-state index contributed by atoms with van der Waals surface area (Å²) in [6.45, 7) is 0.838. The van der Waals surface area contributed by atoms with E-state index in [2.05, 4.69) is 6.07 Å². The number of benzene rings is 1. The third kappa shape index (κ3) is 3.40. The molecule has 1 amide bonds. The van der Waals surface area contributed by atoms with E-state index in [-0.39, 0.29) is 5.91 Å². The first-order valence-electron chi connectivity index (χ1n) is 5.78. The minimum atomic E-state index is 0.0787. The molecule has 0 heterocycles. The van der Waals surface area contributed by atoms with E-state index in [0.717, 1.165) is 11.3 Å². The molecule has 100 valence electrons. The Hall–Kier alpha value is -1.20. The van der Waals surface area contributed by atoms with Gasteiger partial charge in [-0.25, -0.2) is 0 Å². The summed E-state index contributed by atoms with van der Waals surface area (Å²) in [5, 5.41) is 0. The van der Waals surface area contributed by atoms with E-state index in [9.17, 15) is 4.79 Å². The van der Waals surface area contributed by atoms with Gasteiger partial charge in [0.25, 0.3) is 0 Å². The summed E-state index contributed by atoms with van der Waals surface area (Å²) in [5.41, 5.74) is 7.94. The summed E-state index contributed by atoms with van der Waals surface area (Å²) in [5.74, 6) is 0.0787. The molecule has 1 aromatic rings. The van der Waals surface area contributed by atoms with E-state index >= 15 is 0 Å². The van der Waals surface area contributed by atoms with Crippen LogP contribution < -0.4 is 10.6 Å². The highest BCUT2D eigenvalue weighted by atomic mass is 32.2. The zero-order valence-electron chi connectivity index (χ0n) is 11.4. The molecule has 5 heteroatoms. The van der Waals surface area contributed by atoms with Crippen LogP contribution in [0, 0.1) is 0 Å². The zero-order chi connectivity index (χ0) is 13.7. The number of hydrogen-bond acceptors (Lipinski definition) is 4. The first-order chi connectivity index (χ1) is 8.51. The standard InChI is InChI=1S/C13H21N3OS/c1-15(2)13(17)9-16(3)11-6-5-7-12(18-4)10(11)8-14/h5-7H,8-9,14H2,1-4H3. The lowest BCUT2D eigenvalue weighted by Gasteiger charge is -2.24. The molecule has 1 aromatic carbocycles. The summed E-state index contributed by atoms with van der Waals surface area (Å²) in [4.78, 5) is 16.4. The lowest BCUT2D eigenvalue weighted by molar-refractivity contribution is -0.127. The summed E-state index contributed by atoms with van der Waals surface area (Å²) in [7, 11) is 5.44. The van der Waals surface area contributed by atoms with E-state index in [1.165, 1.54) is 4.90 Å². The smallest absolute Gasteiger partial charge is 0.241 e. The number of nitrogens with two attached hydrogens (primary N) is 1. The Balaban J connectivity index is 2.98. The SMILES string of the molecule is CSc1cccc(N(C)CC(=O)N(C)C)c1CN. The molecule has 0 atom stereocenters. The summed E-state index contributed by atoms with van der Waals surface area (Å²) in [6, 6.07) is 6.06. The van der Waals surface area contributed by atoms with Gasteiger partial charge < -0.3 is 15.5 Å². The van der Waals surface area contributed by atoms with Gasteiger partial charge in [0.1, 0.15) is 0 Å². The van der Waals surface area contributed by atoms with Crippen molar-refractivity contribution in [3.8, 4) is 0 Å². The Kier molecular flexibility index (Phi) is 5.50. The van der Waals surface area contributed by atoms with Crippen LogP contribution in [0.2, 0.25) is 0 Å². The molecule has 0 radical (unpaired) electrons. The molecule has 2 N–H and O–H groups in total. The van der Waals surface area contributed by atoms with E-state index < -0.39 is 0 Å². The van der Waals surface area contributed by atoms with Crippen LogP contribution >= 0.6 is 11.8 Å². The molecule has 18 heavy (non-hydrogen) atoms. The van der Waals surface area contributed by atoms with Crippen LogP contribution in [-0.4, -0.2) is 44.8 Å². The number of carbonyl (C=O) groups is 1. The number of likely N-dealkylation sites (N-methyl/N-ethyl adjacent to an activating group) is 2. The highest BCUT2D eigenvalue weighted by Crippen LogP contribution is 2.28. The first-order valence-corrected chi connectivity index (χ1v) is 7.01. The zero-order valence-corrected chi connectivity index (χ0v) is 12.3. The third-order valence-electron chi connectivity index (χ3n) is 2.81. The molecule has 0 aliphatic carbocycles. The van der Waals surface area contributed by atoms with E-state index in [0.29, 0.717) is 13.1 Å². The Labute approximate surface area is 113 Å². The van der Waals surface area contributed by atoms with Crippen LogP contribution in [0.25, 0.3) is 0 Å². The monoisotopic (exact) mass is 267 g/mol. The summed E-state index contributed by atoms with van der Waals surface area (Å²) in [6.07, 6.45) is 2.03. The average molecular weight is 267 g/mol. The van der Waals surface area contributed by atoms with Crippen molar-refractivity contribution in [3.05, 3.63) is 23.8 Å². The predicted octanol–water partition coefficient (Wildman–Crippen LogP) is 1.39. The second kappa shape index (κ2) is 6.66. The van der Waals surface area contributed by atoms with Gasteiger partial charge in [-0.3, -0.25) is 4.79 Å². The quantitative estimate of drug-likeness (QED) is 0.819. The molecule has 0 unspecified atom stereocenters. The number of hydrogen-bond donors (Lipinski definition) is 1. The lowest BCUT2D eigenvalue weighted by atomic mass is 10.1. The van der Waals surface area contributed by atoms with Crippen LogP contribution in [0.3, 0.4) is 0 Å². The van der Waals surface area contributed by atoms with Crippen molar-refractivity contribution in [1.82, 2.24) is 4.90 Å². The minimum absolute atomic E-state index is 0.0787. The van der Waals surface area contributed by atoms with Crippen LogP contribution in [0.5, 0.6) is 0 Å². The highest BCUT2D eigenvalue weighted by molar-refractivity contribution is 7.98. The number of nitrogens with zero attached hydrogens (tertiary/aromatic N) is 2. The largest absolute Gasteiger partial charge is 0.365 e. The van der Waals surface area contributed by atoms with Crippen molar-refractivity contribution >= 4 is 23.4 Å². The molecule has 0 saturated heterocycles. The van der Waals surface area contributed by atoms with Crippen LogP contribution in [0.15, 0.2) is 23.1 Å². The summed E-state index contributed by atoms with van der Waals surface area (Å²) < 4.78 is 0. The van der Waals surface area contributed by atoms with Crippen molar-refractivity contribution in [1.29, 1.82) is 0 Å². The van der Waals surface area contributed by atoms with Gasteiger partial charge >= 0.3 is 0 Å². The van der Waals surface area contributed by atoms with Gasteiger partial charge in [0, 0.05) is 43.8 Å². The maximum Gasteiger partial charge on any atom is 0.241 e. The summed E-state index contributed by atoms with van der Waals surface area (Å²) >= 11 is 1.67. The fraction of sp³-hybridized carbons (Fsp3) is 0.462. The number of thioether (sulfide) groups is 1. The van der Waals surface area contributed by atoms with Crippen molar-refractivity contribution in [3.63, 3.8) is 0 Å². The molecule has 4 nitrogen and oxygen atoms in total. The molecule has 0 saturated carbocycles. The van der Waals surface area contributed by atoms with Gasteiger partial charge in [-0.2, -0.15) is 0 Å². The Morgan fingerprint density at radius 3 is 2.50 bits per heavy atom. The van der Waals surface area contributed by atoms with Gasteiger partial charge in [-0.05, 0) is 18.4 Å². The Morgan fingerprint density at radius 1 is 1.33 bits per heavy atom. The van der Waals surface area contributed by atoms with Gasteiger partial charge in [0.15, 0.2) is 0 Å². The van der Waals surface area contributed by atoms with Crippen molar-refractivity contribution in [2.75, 3.05) is 38.8 Å². The van der Waals surface area contributed by atoms with E-state index in [1.807, 2.05) is 30.3 Å². The fourth-order valence-corrected chi connectivity index (χ4v) is 2.39. The molecule has 0 aliphatic rings. The number of amides is 1. The second-order valence-electron chi connectivity index (χ2n) is 4.31. The van der Waals surface area contributed by atoms with Gasteiger partial charge in [0.05, 0.1) is 6.54 Å². The normalized spacial score (nSPS) is 10.3. The first kappa shape index (κ1) is 14.9. The van der Waals surface area contributed by atoms with Crippen molar-refractivity contribution < 1.29 is 4.79 Å². The molecule has 1 rings (SSSR count). The van der Waals surface area contributed by atoms with E-state index in [4.69, 9.17) is 5.73 Å². The topological polar surface area (TPSA) is 49.6 Å².